The predicted octanol–water partition coefficient (Wildman–Crippen LogP) is -1.17. The largest absolute Gasteiger partial charge is 0.376 e. The molecule has 1 N–H and O–H groups in total. The molecule has 5 heteroatoms. The van der Waals surface area contributed by atoms with Crippen LogP contribution in [0.3, 0.4) is 0 Å². The summed E-state index contributed by atoms with van der Waals surface area (Å²) in [6, 6.07) is 0. The Morgan fingerprint density at radius 3 is 2.71 bits per heavy atom. The van der Waals surface area contributed by atoms with Crippen LogP contribution in [0.15, 0.2) is 0 Å². The zero-order valence-corrected chi connectivity index (χ0v) is 8.20. The molecular weight excluding hydrogens is 184 g/mol. The van der Waals surface area contributed by atoms with E-state index in [1.807, 2.05) is 4.90 Å². The molecule has 1 amide bonds. The lowest BCUT2D eigenvalue weighted by molar-refractivity contribution is -0.158. The van der Waals surface area contributed by atoms with E-state index in [4.69, 9.17) is 9.47 Å². The van der Waals surface area contributed by atoms with Crippen LogP contribution in [0.2, 0.25) is 0 Å². The number of rotatable bonds is 1. The minimum atomic E-state index is -0.373. The van der Waals surface area contributed by atoms with Crippen LogP contribution in [0.1, 0.15) is 0 Å². The van der Waals surface area contributed by atoms with Crippen LogP contribution in [0.4, 0.5) is 0 Å². The Morgan fingerprint density at radius 2 is 2.07 bits per heavy atom. The van der Waals surface area contributed by atoms with Gasteiger partial charge in [-0.25, -0.2) is 0 Å². The van der Waals surface area contributed by atoms with Gasteiger partial charge in [0.1, 0.15) is 0 Å². The lowest BCUT2D eigenvalue weighted by Gasteiger charge is -2.32. The third kappa shape index (κ3) is 2.23. The molecule has 2 heterocycles. The van der Waals surface area contributed by atoms with E-state index in [1.165, 1.54) is 0 Å². The molecule has 0 aromatic rings. The maximum absolute atomic E-state index is 11.8. The van der Waals surface area contributed by atoms with Gasteiger partial charge in [0.15, 0.2) is 6.10 Å². The Kier molecular flexibility index (Phi) is 3.34. The number of ether oxygens (including phenoxy) is 2. The number of piperazine rings is 1. The summed E-state index contributed by atoms with van der Waals surface area (Å²) in [5.41, 5.74) is 0. The van der Waals surface area contributed by atoms with Gasteiger partial charge in [-0.3, -0.25) is 4.79 Å². The van der Waals surface area contributed by atoms with Crippen LogP contribution < -0.4 is 5.32 Å². The summed E-state index contributed by atoms with van der Waals surface area (Å²) in [4.78, 5) is 13.7. The number of nitrogens with zero attached hydrogens (tertiary/aromatic N) is 1. The molecule has 0 aromatic carbocycles. The van der Waals surface area contributed by atoms with Crippen LogP contribution in [-0.2, 0) is 14.3 Å². The van der Waals surface area contributed by atoms with E-state index in [1.54, 1.807) is 0 Å². The maximum Gasteiger partial charge on any atom is 0.254 e. The first-order valence-corrected chi connectivity index (χ1v) is 5.07. The van der Waals surface area contributed by atoms with Crippen molar-refractivity contribution in [1.82, 2.24) is 10.2 Å². The molecule has 2 fully saturated rings. The highest BCUT2D eigenvalue weighted by molar-refractivity contribution is 5.81. The Labute approximate surface area is 83.3 Å². The quantitative estimate of drug-likeness (QED) is 0.579. The van der Waals surface area contributed by atoms with Crippen molar-refractivity contribution in [3.8, 4) is 0 Å². The average Bonchev–Trinajstić information content (AvgIpc) is 2.30. The Bertz CT molecular complexity index is 178. The molecule has 5 nitrogen and oxygen atoms in total. The SMILES string of the molecule is O=C(C1COCCO1)N1CCNCC1. The van der Waals surface area contributed by atoms with Crippen LogP contribution in [0.25, 0.3) is 0 Å². The first kappa shape index (κ1) is 9.89. The van der Waals surface area contributed by atoms with Crippen molar-refractivity contribution in [2.75, 3.05) is 46.0 Å². The lowest BCUT2D eigenvalue weighted by atomic mass is 10.2. The van der Waals surface area contributed by atoms with E-state index in [-0.39, 0.29) is 12.0 Å². The number of hydrogen-bond donors (Lipinski definition) is 1. The number of hydrogen-bond acceptors (Lipinski definition) is 4. The smallest absolute Gasteiger partial charge is 0.254 e. The number of carbonyl (C=O) groups is 1. The van der Waals surface area contributed by atoms with Crippen LogP contribution in [0.5, 0.6) is 0 Å². The molecular formula is C9H16N2O3. The van der Waals surface area contributed by atoms with Crippen molar-refractivity contribution in [2.45, 2.75) is 6.10 Å². The molecule has 0 spiro atoms. The van der Waals surface area contributed by atoms with Gasteiger partial charge in [0.05, 0.1) is 19.8 Å². The van der Waals surface area contributed by atoms with Gasteiger partial charge in [-0.1, -0.05) is 0 Å². The van der Waals surface area contributed by atoms with Gasteiger partial charge in [0, 0.05) is 26.2 Å². The highest BCUT2D eigenvalue weighted by atomic mass is 16.6. The van der Waals surface area contributed by atoms with Gasteiger partial charge in [0.25, 0.3) is 5.91 Å². The first-order chi connectivity index (χ1) is 6.88. The lowest BCUT2D eigenvalue weighted by Crippen LogP contribution is -2.52. The number of carbonyl (C=O) groups excluding carboxylic acids is 1. The molecule has 0 saturated carbocycles. The molecule has 2 aliphatic heterocycles. The third-order valence-electron chi connectivity index (χ3n) is 2.52. The Hall–Kier alpha value is -0.650. The summed E-state index contributed by atoms with van der Waals surface area (Å²) in [6.07, 6.45) is -0.373. The summed E-state index contributed by atoms with van der Waals surface area (Å²) in [5.74, 6) is 0.0752. The maximum atomic E-state index is 11.8. The summed E-state index contributed by atoms with van der Waals surface area (Å²) in [5, 5.41) is 3.21. The number of amides is 1. The molecule has 1 atom stereocenters. The van der Waals surface area contributed by atoms with E-state index in [9.17, 15) is 4.79 Å². The third-order valence-corrected chi connectivity index (χ3v) is 2.52. The second-order valence-electron chi connectivity index (χ2n) is 3.51. The highest BCUT2D eigenvalue weighted by Gasteiger charge is 2.27. The van der Waals surface area contributed by atoms with Crippen LogP contribution >= 0.6 is 0 Å². The minimum Gasteiger partial charge on any atom is -0.376 e. The van der Waals surface area contributed by atoms with Crippen LogP contribution in [0, 0.1) is 0 Å². The van der Waals surface area contributed by atoms with E-state index in [0.29, 0.717) is 19.8 Å². The van der Waals surface area contributed by atoms with Gasteiger partial charge in [-0.05, 0) is 0 Å². The Morgan fingerprint density at radius 1 is 1.29 bits per heavy atom. The second-order valence-corrected chi connectivity index (χ2v) is 3.51. The fraction of sp³-hybridized carbons (Fsp3) is 0.889. The van der Waals surface area contributed by atoms with Gasteiger partial charge in [-0.15, -0.1) is 0 Å². The van der Waals surface area contributed by atoms with Crippen molar-refractivity contribution in [1.29, 1.82) is 0 Å². The topological polar surface area (TPSA) is 50.8 Å². The average molecular weight is 200 g/mol. The standard InChI is InChI=1S/C9H16N2O3/c12-9(8-7-13-5-6-14-8)11-3-1-10-2-4-11/h8,10H,1-7H2. The fourth-order valence-corrected chi connectivity index (χ4v) is 1.72. The van der Waals surface area contributed by atoms with E-state index >= 15 is 0 Å². The zero-order chi connectivity index (χ0) is 9.80. The van der Waals surface area contributed by atoms with Gasteiger partial charge in [-0.2, -0.15) is 0 Å². The molecule has 2 rings (SSSR count). The first-order valence-electron chi connectivity index (χ1n) is 5.07. The fourth-order valence-electron chi connectivity index (χ4n) is 1.72. The normalized spacial score (nSPS) is 28.9. The summed E-state index contributed by atoms with van der Waals surface area (Å²) in [6.45, 7) is 4.84. The molecule has 2 saturated heterocycles. The van der Waals surface area contributed by atoms with Crippen molar-refractivity contribution in [3.63, 3.8) is 0 Å². The molecule has 1 unspecified atom stereocenters. The molecule has 0 radical (unpaired) electrons. The minimum absolute atomic E-state index is 0.0752. The molecule has 0 bridgehead atoms. The molecule has 14 heavy (non-hydrogen) atoms. The van der Waals surface area contributed by atoms with E-state index < -0.39 is 0 Å². The summed E-state index contributed by atoms with van der Waals surface area (Å²) < 4.78 is 10.6. The van der Waals surface area contributed by atoms with Gasteiger partial charge < -0.3 is 19.7 Å². The van der Waals surface area contributed by atoms with Crippen molar-refractivity contribution in [2.24, 2.45) is 0 Å². The van der Waals surface area contributed by atoms with Gasteiger partial charge >= 0.3 is 0 Å². The van der Waals surface area contributed by atoms with Crippen molar-refractivity contribution < 1.29 is 14.3 Å². The van der Waals surface area contributed by atoms with Crippen LogP contribution in [-0.4, -0.2) is 62.9 Å². The monoisotopic (exact) mass is 200 g/mol. The summed E-state index contributed by atoms with van der Waals surface area (Å²) in [7, 11) is 0. The molecule has 0 aliphatic carbocycles. The van der Waals surface area contributed by atoms with Crippen molar-refractivity contribution in [3.05, 3.63) is 0 Å². The zero-order valence-electron chi connectivity index (χ0n) is 8.20. The molecule has 0 aromatic heterocycles. The predicted molar refractivity (Wildman–Crippen MR) is 50.0 cm³/mol. The van der Waals surface area contributed by atoms with E-state index in [2.05, 4.69) is 5.32 Å². The highest BCUT2D eigenvalue weighted by Crippen LogP contribution is 2.06. The Balaban J connectivity index is 1.85. The van der Waals surface area contributed by atoms with Gasteiger partial charge in [0.2, 0.25) is 0 Å². The second kappa shape index (κ2) is 4.72. The number of nitrogens with one attached hydrogen (secondary N) is 1. The molecule has 2 aliphatic rings. The summed E-state index contributed by atoms with van der Waals surface area (Å²) >= 11 is 0. The van der Waals surface area contributed by atoms with Crippen molar-refractivity contribution >= 4 is 5.91 Å². The van der Waals surface area contributed by atoms with E-state index in [0.717, 1.165) is 26.2 Å². The molecule has 80 valence electrons.